The Bertz CT molecular complexity index is 807. The van der Waals surface area contributed by atoms with Crippen molar-refractivity contribution in [3.05, 3.63) is 71.3 Å². The molecule has 0 atom stereocenters. The molecule has 0 heterocycles. The Morgan fingerprint density at radius 3 is 2.38 bits per heavy atom. The van der Waals surface area contributed by atoms with Gasteiger partial charge in [-0.25, -0.2) is 4.99 Å². The number of carbonyl (C=O) groups excluding carboxylic acids is 1. The van der Waals surface area contributed by atoms with Gasteiger partial charge >= 0.3 is 6.18 Å². The summed E-state index contributed by atoms with van der Waals surface area (Å²) in [6.07, 6.45) is -3.70. The Labute approximate surface area is 168 Å². The summed E-state index contributed by atoms with van der Waals surface area (Å²) in [5, 5.41) is 9.00. The molecule has 0 radical (unpaired) electrons. The molecule has 0 aliphatic heterocycles. The number of benzene rings is 2. The molecule has 2 aromatic carbocycles. The van der Waals surface area contributed by atoms with Gasteiger partial charge in [0.1, 0.15) is 0 Å². The fourth-order valence-corrected chi connectivity index (χ4v) is 2.55. The van der Waals surface area contributed by atoms with Gasteiger partial charge in [0.15, 0.2) is 5.96 Å². The molecule has 0 spiro atoms. The van der Waals surface area contributed by atoms with Crippen molar-refractivity contribution in [2.45, 2.75) is 26.1 Å². The van der Waals surface area contributed by atoms with Gasteiger partial charge in [0, 0.05) is 25.2 Å². The molecule has 2 rings (SSSR count). The molecule has 0 bridgehead atoms. The molecular weight excluding hydrogens is 381 g/mol. The summed E-state index contributed by atoms with van der Waals surface area (Å²) in [6.45, 7) is 3.71. The van der Waals surface area contributed by atoms with Crippen LogP contribution in [0.1, 0.15) is 34.8 Å². The van der Waals surface area contributed by atoms with E-state index in [-0.39, 0.29) is 12.5 Å². The molecule has 0 fully saturated rings. The van der Waals surface area contributed by atoms with Crippen molar-refractivity contribution in [1.82, 2.24) is 16.0 Å². The number of hydrogen-bond donors (Lipinski definition) is 3. The van der Waals surface area contributed by atoms with Crippen LogP contribution in [0.5, 0.6) is 0 Å². The van der Waals surface area contributed by atoms with E-state index in [9.17, 15) is 18.0 Å². The van der Waals surface area contributed by atoms with Crippen LogP contribution in [0.15, 0.2) is 59.6 Å². The van der Waals surface area contributed by atoms with Gasteiger partial charge in [0.2, 0.25) is 0 Å². The Hall–Kier alpha value is -3.03. The molecule has 0 saturated carbocycles. The van der Waals surface area contributed by atoms with Crippen LogP contribution in [0, 0.1) is 0 Å². The summed E-state index contributed by atoms with van der Waals surface area (Å²) < 4.78 is 38.4. The topological polar surface area (TPSA) is 65.5 Å². The van der Waals surface area contributed by atoms with Crippen molar-refractivity contribution in [2.24, 2.45) is 4.99 Å². The third kappa shape index (κ3) is 7.85. The van der Waals surface area contributed by atoms with Gasteiger partial charge in [-0.15, -0.1) is 0 Å². The summed E-state index contributed by atoms with van der Waals surface area (Å²) in [7, 11) is 0. The van der Waals surface area contributed by atoms with Crippen LogP contribution in [-0.2, 0) is 12.7 Å². The summed E-state index contributed by atoms with van der Waals surface area (Å²) in [5.41, 5.74) is 0.404. The van der Waals surface area contributed by atoms with Gasteiger partial charge in [0.05, 0.1) is 12.1 Å². The average molecular weight is 406 g/mol. The Balaban J connectivity index is 1.80. The second kappa shape index (κ2) is 11.1. The van der Waals surface area contributed by atoms with Gasteiger partial charge in [-0.3, -0.25) is 4.79 Å². The zero-order valence-electron chi connectivity index (χ0n) is 16.2. The van der Waals surface area contributed by atoms with E-state index in [0.29, 0.717) is 43.1 Å². The lowest BCUT2D eigenvalue weighted by Gasteiger charge is -2.12. The van der Waals surface area contributed by atoms with E-state index in [0.717, 1.165) is 12.1 Å². The van der Waals surface area contributed by atoms with Crippen LogP contribution in [0.2, 0.25) is 0 Å². The van der Waals surface area contributed by atoms with Crippen LogP contribution in [-0.4, -0.2) is 31.5 Å². The predicted molar refractivity (Wildman–Crippen MR) is 108 cm³/mol. The van der Waals surface area contributed by atoms with Crippen molar-refractivity contribution in [2.75, 3.05) is 19.6 Å². The standard InChI is InChI=1S/C21H25F3N4O/c1-2-25-20(28-15-16-8-6-11-18(14-16)21(22,23)24)27-13-7-12-26-19(29)17-9-4-3-5-10-17/h3-6,8-11,14H,2,7,12-13,15H2,1H3,(H,26,29)(H2,25,27,28). The number of nitrogens with one attached hydrogen (secondary N) is 3. The van der Waals surface area contributed by atoms with E-state index in [4.69, 9.17) is 0 Å². The molecule has 0 aliphatic rings. The summed E-state index contributed by atoms with van der Waals surface area (Å²) in [5.74, 6) is 0.384. The molecule has 0 aliphatic carbocycles. The second-order valence-corrected chi connectivity index (χ2v) is 6.30. The van der Waals surface area contributed by atoms with Crippen molar-refractivity contribution >= 4 is 11.9 Å². The highest BCUT2D eigenvalue weighted by Crippen LogP contribution is 2.29. The van der Waals surface area contributed by atoms with Crippen molar-refractivity contribution < 1.29 is 18.0 Å². The molecule has 0 unspecified atom stereocenters. The van der Waals surface area contributed by atoms with E-state index in [2.05, 4.69) is 20.9 Å². The van der Waals surface area contributed by atoms with Gasteiger partial charge in [-0.2, -0.15) is 13.2 Å². The molecule has 5 nitrogen and oxygen atoms in total. The average Bonchev–Trinajstić information content (AvgIpc) is 2.71. The monoisotopic (exact) mass is 406 g/mol. The molecule has 8 heteroatoms. The summed E-state index contributed by atoms with van der Waals surface area (Å²) >= 11 is 0. The van der Waals surface area contributed by atoms with Crippen molar-refractivity contribution in [3.8, 4) is 0 Å². The molecule has 1 amide bonds. The highest BCUT2D eigenvalue weighted by Gasteiger charge is 2.30. The lowest BCUT2D eigenvalue weighted by atomic mass is 10.1. The van der Waals surface area contributed by atoms with Crippen molar-refractivity contribution in [3.63, 3.8) is 0 Å². The second-order valence-electron chi connectivity index (χ2n) is 6.30. The molecule has 29 heavy (non-hydrogen) atoms. The lowest BCUT2D eigenvalue weighted by molar-refractivity contribution is -0.137. The Morgan fingerprint density at radius 1 is 0.966 bits per heavy atom. The number of aliphatic imine (C=N–C) groups is 1. The maximum atomic E-state index is 12.8. The number of amides is 1. The smallest absolute Gasteiger partial charge is 0.357 e. The van der Waals surface area contributed by atoms with Gasteiger partial charge in [0.25, 0.3) is 5.91 Å². The molecule has 0 saturated heterocycles. The van der Waals surface area contributed by atoms with E-state index >= 15 is 0 Å². The van der Waals surface area contributed by atoms with Crippen LogP contribution in [0.3, 0.4) is 0 Å². The van der Waals surface area contributed by atoms with Crippen LogP contribution >= 0.6 is 0 Å². The third-order valence-electron chi connectivity index (χ3n) is 3.99. The first-order chi connectivity index (χ1) is 13.9. The normalized spacial score (nSPS) is 11.8. The number of alkyl halides is 3. The van der Waals surface area contributed by atoms with Crippen LogP contribution < -0.4 is 16.0 Å². The molecule has 0 aromatic heterocycles. The maximum absolute atomic E-state index is 12.8. The summed E-state index contributed by atoms with van der Waals surface area (Å²) in [4.78, 5) is 16.3. The van der Waals surface area contributed by atoms with Crippen LogP contribution in [0.4, 0.5) is 13.2 Å². The summed E-state index contributed by atoms with van der Waals surface area (Å²) in [6, 6.07) is 14.1. The fraction of sp³-hybridized carbons (Fsp3) is 0.333. The van der Waals surface area contributed by atoms with E-state index in [1.165, 1.54) is 6.07 Å². The number of hydrogen-bond acceptors (Lipinski definition) is 2. The zero-order chi connectivity index (χ0) is 21.1. The zero-order valence-corrected chi connectivity index (χ0v) is 16.2. The van der Waals surface area contributed by atoms with E-state index in [1.807, 2.05) is 13.0 Å². The molecule has 156 valence electrons. The van der Waals surface area contributed by atoms with Gasteiger partial charge < -0.3 is 16.0 Å². The van der Waals surface area contributed by atoms with E-state index < -0.39 is 11.7 Å². The first-order valence-electron chi connectivity index (χ1n) is 9.41. The van der Waals surface area contributed by atoms with Gasteiger partial charge in [-0.05, 0) is 43.2 Å². The number of halogens is 3. The van der Waals surface area contributed by atoms with Crippen molar-refractivity contribution in [1.29, 1.82) is 0 Å². The Morgan fingerprint density at radius 2 is 1.69 bits per heavy atom. The highest BCUT2D eigenvalue weighted by molar-refractivity contribution is 5.94. The quantitative estimate of drug-likeness (QED) is 0.357. The van der Waals surface area contributed by atoms with Gasteiger partial charge in [-0.1, -0.05) is 30.3 Å². The molecular formula is C21H25F3N4O. The maximum Gasteiger partial charge on any atom is 0.416 e. The minimum absolute atomic E-state index is 0.129. The minimum atomic E-state index is -4.37. The first-order valence-corrected chi connectivity index (χ1v) is 9.41. The Kier molecular flexibility index (Phi) is 8.51. The lowest BCUT2D eigenvalue weighted by Crippen LogP contribution is -2.38. The number of rotatable bonds is 8. The third-order valence-corrected chi connectivity index (χ3v) is 3.99. The van der Waals surface area contributed by atoms with E-state index in [1.54, 1.807) is 30.3 Å². The largest absolute Gasteiger partial charge is 0.416 e. The highest BCUT2D eigenvalue weighted by atomic mass is 19.4. The number of nitrogens with zero attached hydrogens (tertiary/aromatic N) is 1. The van der Waals surface area contributed by atoms with Crippen LogP contribution in [0.25, 0.3) is 0 Å². The first kappa shape index (κ1) is 22.3. The molecule has 3 N–H and O–H groups in total. The fourth-order valence-electron chi connectivity index (χ4n) is 2.55. The number of carbonyl (C=O) groups is 1. The minimum Gasteiger partial charge on any atom is -0.357 e. The molecule has 2 aromatic rings. The predicted octanol–water partition coefficient (Wildman–Crippen LogP) is 3.58. The SMILES string of the molecule is CCNC(=NCc1cccc(C(F)(F)F)c1)NCCCNC(=O)c1ccccc1. The number of guanidine groups is 1.